The number of hydrogen-bond donors (Lipinski definition) is 3. The van der Waals surface area contributed by atoms with E-state index in [0.29, 0.717) is 47.3 Å². The number of methoxy groups -OCH3 is 1. The van der Waals surface area contributed by atoms with Gasteiger partial charge in [-0.25, -0.2) is 0 Å². The highest BCUT2D eigenvalue weighted by atomic mass is 16.5. The Bertz CT molecular complexity index is 1200. The van der Waals surface area contributed by atoms with E-state index >= 15 is 0 Å². The fourth-order valence-electron chi connectivity index (χ4n) is 5.17. The van der Waals surface area contributed by atoms with Crippen molar-refractivity contribution in [3.8, 4) is 11.5 Å². The van der Waals surface area contributed by atoms with E-state index in [1.165, 1.54) is 13.2 Å². The zero-order chi connectivity index (χ0) is 27.2. The number of nitrogens with zero attached hydrogens (tertiary/aromatic N) is 1. The molecule has 0 unspecified atom stereocenters. The summed E-state index contributed by atoms with van der Waals surface area (Å²) in [6.07, 6.45) is 2.08. The molecule has 1 aliphatic heterocycles. The summed E-state index contributed by atoms with van der Waals surface area (Å²) in [5.74, 6) is -0.619. The molecule has 9 heteroatoms. The lowest BCUT2D eigenvalue weighted by Gasteiger charge is -2.41. The number of aldehydes is 1. The average molecular weight is 523 g/mol. The van der Waals surface area contributed by atoms with E-state index in [1.54, 1.807) is 17.0 Å². The first kappa shape index (κ1) is 27.3. The highest BCUT2D eigenvalue weighted by molar-refractivity contribution is 5.96. The van der Waals surface area contributed by atoms with Crippen LogP contribution in [-0.4, -0.2) is 71.7 Å². The third-order valence-electron chi connectivity index (χ3n) is 7.03. The van der Waals surface area contributed by atoms with E-state index < -0.39 is 30.1 Å². The molecule has 1 heterocycles. The maximum absolute atomic E-state index is 13.4. The number of carbonyl (C=O) groups is 3. The summed E-state index contributed by atoms with van der Waals surface area (Å²) in [5.41, 5.74) is 2.08. The molecule has 0 saturated carbocycles. The number of fused-ring (bicyclic) bond motifs is 3. The first-order chi connectivity index (χ1) is 18.4. The van der Waals surface area contributed by atoms with E-state index in [4.69, 9.17) is 9.47 Å². The van der Waals surface area contributed by atoms with Crippen LogP contribution in [0.1, 0.15) is 53.6 Å². The molecule has 0 spiro atoms. The van der Waals surface area contributed by atoms with E-state index in [-0.39, 0.29) is 25.6 Å². The zero-order valence-electron chi connectivity index (χ0n) is 21.6. The molecule has 4 atom stereocenters. The quantitative estimate of drug-likeness (QED) is 0.387. The van der Waals surface area contributed by atoms with Crippen molar-refractivity contribution >= 4 is 18.1 Å². The number of aliphatic hydroxyl groups is 2. The van der Waals surface area contributed by atoms with Gasteiger partial charge in [0.2, 0.25) is 11.8 Å². The molecular formula is C29H34N2O7. The van der Waals surface area contributed by atoms with Gasteiger partial charge in [-0.3, -0.25) is 14.4 Å². The molecule has 2 aromatic carbocycles. The van der Waals surface area contributed by atoms with Crippen molar-refractivity contribution in [1.82, 2.24) is 10.2 Å². The average Bonchev–Trinajstić information content (AvgIpc) is 3.34. The van der Waals surface area contributed by atoms with E-state index in [0.717, 1.165) is 12.0 Å². The summed E-state index contributed by atoms with van der Waals surface area (Å²) >= 11 is 0. The zero-order valence-corrected chi connectivity index (χ0v) is 21.6. The normalized spacial score (nSPS) is 21.4. The predicted octanol–water partition coefficient (Wildman–Crippen LogP) is 2.35. The van der Waals surface area contributed by atoms with Gasteiger partial charge in [0.05, 0.1) is 25.7 Å². The third kappa shape index (κ3) is 5.44. The van der Waals surface area contributed by atoms with E-state index in [9.17, 15) is 24.6 Å². The van der Waals surface area contributed by atoms with Gasteiger partial charge in [0.1, 0.15) is 18.5 Å². The predicted molar refractivity (Wildman–Crippen MR) is 140 cm³/mol. The Balaban J connectivity index is 1.81. The third-order valence-corrected chi connectivity index (χ3v) is 7.03. The van der Waals surface area contributed by atoms with Gasteiger partial charge in [-0.1, -0.05) is 43.7 Å². The largest absolute Gasteiger partial charge is 0.493 e. The number of hydrogen-bond acceptors (Lipinski definition) is 7. The number of rotatable bonds is 11. The van der Waals surface area contributed by atoms with Gasteiger partial charge in [-0.05, 0) is 30.2 Å². The van der Waals surface area contributed by atoms with Gasteiger partial charge >= 0.3 is 0 Å². The maximum Gasteiger partial charge on any atom is 0.247 e. The Morgan fingerprint density at radius 2 is 1.97 bits per heavy atom. The SMILES string of the molecule is CCCCC(=O)N(Cc1ccccc1)[C@@H]1C=C(C(=O)NCCO)[C@@H]2c3cc(C=O)cc(OC)c3O[C@@H]2[C@H]1O. The summed E-state index contributed by atoms with van der Waals surface area (Å²) in [6.45, 7) is 2.04. The van der Waals surface area contributed by atoms with Crippen molar-refractivity contribution in [2.24, 2.45) is 0 Å². The molecule has 0 fully saturated rings. The number of ether oxygens (including phenoxy) is 2. The lowest BCUT2D eigenvalue weighted by atomic mass is 9.77. The van der Waals surface area contributed by atoms with Crippen LogP contribution in [0.5, 0.6) is 11.5 Å². The van der Waals surface area contributed by atoms with Crippen molar-refractivity contribution in [2.75, 3.05) is 20.3 Å². The van der Waals surface area contributed by atoms with Crippen LogP contribution in [-0.2, 0) is 16.1 Å². The molecular weight excluding hydrogens is 488 g/mol. The fourth-order valence-corrected chi connectivity index (χ4v) is 5.17. The summed E-state index contributed by atoms with van der Waals surface area (Å²) in [6, 6.07) is 11.8. The molecule has 9 nitrogen and oxygen atoms in total. The van der Waals surface area contributed by atoms with Crippen molar-refractivity contribution in [3.05, 3.63) is 70.8 Å². The van der Waals surface area contributed by atoms with Gasteiger partial charge < -0.3 is 29.9 Å². The molecule has 0 saturated heterocycles. The highest BCUT2D eigenvalue weighted by Gasteiger charge is 2.51. The molecule has 1 aliphatic carbocycles. The lowest BCUT2D eigenvalue weighted by molar-refractivity contribution is -0.138. The van der Waals surface area contributed by atoms with Crippen LogP contribution in [0, 0.1) is 0 Å². The van der Waals surface area contributed by atoms with Crippen molar-refractivity contribution < 1.29 is 34.1 Å². The summed E-state index contributed by atoms with van der Waals surface area (Å²) in [5, 5.41) is 23.6. The van der Waals surface area contributed by atoms with Gasteiger partial charge in [-0.2, -0.15) is 0 Å². The number of unbranched alkanes of at least 4 members (excludes halogenated alkanes) is 1. The number of amides is 2. The van der Waals surface area contributed by atoms with Crippen molar-refractivity contribution in [2.45, 2.75) is 56.9 Å². The van der Waals surface area contributed by atoms with Crippen LogP contribution in [0.3, 0.4) is 0 Å². The Hall–Kier alpha value is -3.69. The molecule has 2 amide bonds. The molecule has 202 valence electrons. The molecule has 0 bridgehead atoms. The second kappa shape index (κ2) is 12.2. The lowest BCUT2D eigenvalue weighted by Crippen LogP contribution is -2.55. The minimum Gasteiger partial charge on any atom is -0.493 e. The smallest absolute Gasteiger partial charge is 0.247 e. The van der Waals surface area contributed by atoms with Crippen molar-refractivity contribution in [3.63, 3.8) is 0 Å². The Morgan fingerprint density at radius 3 is 2.63 bits per heavy atom. The monoisotopic (exact) mass is 522 g/mol. The highest BCUT2D eigenvalue weighted by Crippen LogP contribution is 2.51. The first-order valence-corrected chi connectivity index (χ1v) is 12.9. The van der Waals surface area contributed by atoms with Gasteiger partial charge in [-0.15, -0.1) is 0 Å². The molecule has 38 heavy (non-hydrogen) atoms. The van der Waals surface area contributed by atoms with Gasteiger partial charge in [0, 0.05) is 36.2 Å². The van der Waals surface area contributed by atoms with Crippen LogP contribution in [0.25, 0.3) is 0 Å². The molecule has 4 rings (SSSR count). The summed E-state index contributed by atoms with van der Waals surface area (Å²) in [4.78, 5) is 40.0. The topological polar surface area (TPSA) is 125 Å². The Kier molecular flexibility index (Phi) is 8.81. The Morgan fingerprint density at radius 1 is 1.21 bits per heavy atom. The standard InChI is InChI=1S/C29H34N2O7/c1-3-4-10-24(34)31(16-18-8-6-5-7-9-18)22-15-21(29(36)30-11-12-32)25-20-13-19(17-33)14-23(37-2)27(20)38-28(25)26(22)35/h5-9,13-15,17,22,25-26,28,32,35H,3-4,10-12,16H2,1-2H3,(H,30,36)/t22-,25+,26+,28+/m1/s1. The molecule has 0 aromatic heterocycles. The number of benzene rings is 2. The summed E-state index contributed by atoms with van der Waals surface area (Å²) in [7, 11) is 1.45. The van der Waals surface area contributed by atoms with E-state index in [1.807, 2.05) is 37.3 Å². The molecule has 2 aliphatic rings. The van der Waals surface area contributed by atoms with Crippen LogP contribution in [0.15, 0.2) is 54.1 Å². The van der Waals surface area contributed by atoms with Crippen LogP contribution >= 0.6 is 0 Å². The van der Waals surface area contributed by atoms with Crippen LogP contribution < -0.4 is 14.8 Å². The van der Waals surface area contributed by atoms with E-state index in [2.05, 4.69) is 5.32 Å². The van der Waals surface area contributed by atoms with Crippen molar-refractivity contribution in [1.29, 1.82) is 0 Å². The van der Waals surface area contributed by atoms with Crippen LogP contribution in [0.2, 0.25) is 0 Å². The molecule has 2 aromatic rings. The fraction of sp³-hybridized carbons (Fsp3) is 0.414. The van der Waals surface area contributed by atoms with Crippen LogP contribution in [0.4, 0.5) is 0 Å². The summed E-state index contributed by atoms with van der Waals surface area (Å²) < 4.78 is 11.7. The number of carbonyl (C=O) groups excluding carboxylic acids is 3. The second-order valence-corrected chi connectivity index (χ2v) is 9.51. The van der Waals surface area contributed by atoms with Gasteiger partial charge in [0.25, 0.3) is 0 Å². The second-order valence-electron chi connectivity index (χ2n) is 9.51. The Labute approximate surface area is 222 Å². The maximum atomic E-state index is 13.4. The minimum atomic E-state index is -1.17. The minimum absolute atomic E-state index is 0.0371. The molecule has 0 radical (unpaired) electrons. The molecule has 3 N–H and O–H groups in total. The number of aliphatic hydroxyl groups excluding tert-OH is 2. The van der Waals surface area contributed by atoms with Gasteiger partial charge in [0.15, 0.2) is 11.5 Å². The number of nitrogens with one attached hydrogen (secondary N) is 1. The first-order valence-electron chi connectivity index (χ1n) is 12.9.